The van der Waals surface area contributed by atoms with E-state index in [1.54, 1.807) is 18.5 Å². The van der Waals surface area contributed by atoms with Crippen molar-refractivity contribution in [3.05, 3.63) is 54.5 Å². The molecule has 0 unspecified atom stereocenters. The van der Waals surface area contributed by atoms with Crippen LogP contribution >= 0.6 is 12.2 Å². The van der Waals surface area contributed by atoms with E-state index in [1.807, 2.05) is 36.4 Å². The molecule has 0 saturated heterocycles. The highest BCUT2D eigenvalue weighted by atomic mass is 32.1. The van der Waals surface area contributed by atoms with Crippen LogP contribution in [0.5, 0.6) is 0 Å². The Kier molecular flexibility index (Phi) is 3.46. The summed E-state index contributed by atoms with van der Waals surface area (Å²) in [4.78, 5) is 4.06. The fraction of sp³-hybridized carbons (Fsp3) is 0. The van der Waals surface area contributed by atoms with Crippen LogP contribution in [0.3, 0.4) is 0 Å². The van der Waals surface area contributed by atoms with Gasteiger partial charge >= 0.3 is 0 Å². The van der Waals surface area contributed by atoms with Gasteiger partial charge in [0.05, 0.1) is 12.5 Å². The van der Waals surface area contributed by atoms with E-state index in [-0.39, 0.29) is 0 Å². The van der Waals surface area contributed by atoms with Gasteiger partial charge in [-0.05, 0) is 36.5 Å². The number of nitrogens with one attached hydrogen (secondary N) is 1. The van der Waals surface area contributed by atoms with Crippen LogP contribution in [0, 0.1) is 0 Å². The molecule has 0 aliphatic rings. The molecule has 0 saturated carbocycles. The second kappa shape index (κ2) is 5.23. The molecule has 3 nitrogen and oxygen atoms in total. The molecular weight excluding hydrogens is 220 g/mol. The van der Waals surface area contributed by atoms with Gasteiger partial charge in [-0.1, -0.05) is 18.2 Å². The second-order valence-corrected chi connectivity index (χ2v) is 3.46. The zero-order chi connectivity index (χ0) is 11.2. The minimum atomic E-state index is 0.405. The molecule has 1 aromatic carbocycles. The van der Waals surface area contributed by atoms with Gasteiger partial charge in [0, 0.05) is 5.69 Å². The van der Waals surface area contributed by atoms with Gasteiger partial charge in [-0.15, -0.1) is 0 Å². The third-order valence-electron chi connectivity index (χ3n) is 1.88. The molecule has 0 aliphatic carbocycles. The molecule has 1 aromatic heterocycles. The van der Waals surface area contributed by atoms with Crippen molar-refractivity contribution in [1.82, 2.24) is 0 Å². The van der Waals surface area contributed by atoms with Crippen molar-refractivity contribution >= 4 is 29.2 Å². The first-order chi connectivity index (χ1) is 7.84. The smallest absolute Gasteiger partial charge is 0.197 e. The summed E-state index contributed by atoms with van der Waals surface area (Å²) in [5.41, 5.74) is 0.920. The quantitative estimate of drug-likeness (QED) is 0.636. The number of benzene rings is 1. The van der Waals surface area contributed by atoms with E-state index in [0.29, 0.717) is 10.9 Å². The Balaban J connectivity index is 1.95. The number of rotatable bonds is 2. The van der Waals surface area contributed by atoms with E-state index < -0.39 is 0 Å². The van der Waals surface area contributed by atoms with E-state index in [4.69, 9.17) is 16.6 Å². The van der Waals surface area contributed by atoms with Crippen LogP contribution in [0.1, 0.15) is 5.76 Å². The van der Waals surface area contributed by atoms with Crippen molar-refractivity contribution < 1.29 is 4.42 Å². The summed E-state index contributed by atoms with van der Waals surface area (Å²) < 4.78 is 5.10. The summed E-state index contributed by atoms with van der Waals surface area (Å²) in [6, 6.07) is 13.3. The Morgan fingerprint density at radius 3 is 2.69 bits per heavy atom. The van der Waals surface area contributed by atoms with Gasteiger partial charge in [0.25, 0.3) is 0 Å². The molecule has 0 amide bonds. The Hall–Kier alpha value is -1.94. The van der Waals surface area contributed by atoms with Gasteiger partial charge in [-0.3, -0.25) is 0 Å². The van der Waals surface area contributed by atoms with Crippen LogP contribution < -0.4 is 5.32 Å². The molecule has 2 rings (SSSR count). The van der Waals surface area contributed by atoms with Crippen molar-refractivity contribution in [2.45, 2.75) is 0 Å². The number of furan rings is 1. The first-order valence-corrected chi connectivity index (χ1v) is 5.19. The molecule has 1 N–H and O–H groups in total. The molecule has 0 spiro atoms. The predicted molar refractivity (Wildman–Crippen MR) is 69.0 cm³/mol. The van der Waals surface area contributed by atoms with Crippen LogP contribution in [0.4, 0.5) is 5.69 Å². The minimum absolute atomic E-state index is 0.405. The van der Waals surface area contributed by atoms with Crippen LogP contribution in [-0.4, -0.2) is 11.3 Å². The third kappa shape index (κ3) is 3.03. The number of anilines is 1. The van der Waals surface area contributed by atoms with Crippen LogP contribution in [0.2, 0.25) is 0 Å². The molecule has 80 valence electrons. The first kappa shape index (κ1) is 10.6. The molecule has 4 heteroatoms. The average molecular weight is 230 g/mol. The summed E-state index contributed by atoms with van der Waals surface area (Å²) >= 11 is 5.06. The number of hydrogen-bond donors (Lipinski definition) is 1. The van der Waals surface area contributed by atoms with E-state index in [2.05, 4.69) is 10.3 Å². The zero-order valence-electron chi connectivity index (χ0n) is 8.46. The van der Waals surface area contributed by atoms with E-state index in [9.17, 15) is 0 Å². The largest absolute Gasteiger partial charge is 0.463 e. The third-order valence-corrected chi connectivity index (χ3v) is 2.08. The van der Waals surface area contributed by atoms with Gasteiger partial charge in [0.1, 0.15) is 5.76 Å². The molecule has 2 aromatic rings. The fourth-order valence-corrected chi connectivity index (χ4v) is 1.33. The summed E-state index contributed by atoms with van der Waals surface area (Å²) in [6.07, 6.45) is 3.17. The van der Waals surface area contributed by atoms with E-state index >= 15 is 0 Å². The first-order valence-electron chi connectivity index (χ1n) is 4.78. The molecule has 0 aliphatic heterocycles. The standard InChI is InChI=1S/C12H10N2OS/c16-12(13-9-11-7-4-8-15-11)14-10-5-2-1-3-6-10/h1-9H,(H,14,16)/b13-9+. The van der Waals surface area contributed by atoms with Crippen LogP contribution in [-0.2, 0) is 0 Å². The Bertz CT molecular complexity index is 477. The highest BCUT2D eigenvalue weighted by Crippen LogP contribution is 2.05. The molecular formula is C12H10N2OS. The maximum atomic E-state index is 5.10. The van der Waals surface area contributed by atoms with Gasteiger partial charge in [-0.2, -0.15) is 0 Å². The number of hydrogen-bond acceptors (Lipinski definition) is 2. The summed E-state index contributed by atoms with van der Waals surface area (Å²) in [5, 5.41) is 3.40. The summed E-state index contributed by atoms with van der Waals surface area (Å²) in [5.74, 6) is 0.678. The molecule has 1 heterocycles. The maximum Gasteiger partial charge on any atom is 0.197 e. The van der Waals surface area contributed by atoms with Crippen molar-refractivity contribution in [1.29, 1.82) is 0 Å². The summed E-state index contributed by atoms with van der Waals surface area (Å²) in [7, 11) is 0. The minimum Gasteiger partial charge on any atom is -0.463 e. The van der Waals surface area contributed by atoms with Crippen molar-refractivity contribution in [2.75, 3.05) is 5.32 Å². The molecule has 16 heavy (non-hydrogen) atoms. The SMILES string of the molecule is S=C(/N=C/c1ccco1)Nc1ccccc1. The van der Waals surface area contributed by atoms with Crippen LogP contribution in [0.25, 0.3) is 0 Å². The lowest BCUT2D eigenvalue weighted by atomic mass is 10.3. The van der Waals surface area contributed by atoms with Crippen molar-refractivity contribution in [2.24, 2.45) is 4.99 Å². The molecule has 0 bridgehead atoms. The van der Waals surface area contributed by atoms with Crippen molar-refractivity contribution in [3.63, 3.8) is 0 Å². The molecule has 0 fully saturated rings. The zero-order valence-corrected chi connectivity index (χ0v) is 9.28. The molecule has 0 radical (unpaired) electrons. The van der Waals surface area contributed by atoms with Gasteiger partial charge in [0.15, 0.2) is 5.11 Å². The number of para-hydroxylation sites is 1. The monoisotopic (exact) mass is 230 g/mol. The van der Waals surface area contributed by atoms with Crippen LogP contribution in [0.15, 0.2) is 58.1 Å². The van der Waals surface area contributed by atoms with Crippen molar-refractivity contribution in [3.8, 4) is 0 Å². The average Bonchev–Trinajstić information content (AvgIpc) is 2.81. The molecule has 0 atom stereocenters. The highest BCUT2D eigenvalue weighted by molar-refractivity contribution is 7.80. The lowest BCUT2D eigenvalue weighted by molar-refractivity contribution is 0.560. The topological polar surface area (TPSA) is 37.5 Å². The van der Waals surface area contributed by atoms with Gasteiger partial charge < -0.3 is 9.73 Å². The number of nitrogens with zero attached hydrogens (tertiary/aromatic N) is 1. The summed E-state index contributed by atoms with van der Waals surface area (Å²) in [6.45, 7) is 0. The number of thiocarbonyl (C=S) groups is 1. The lowest BCUT2D eigenvalue weighted by Crippen LogP contribution is -2.05. The second-order valence-electron chi connectivity index (χ2n) is 3.07. The Morgan fingerprint density at radius 2 is 2.00 bits per heavy atom. The fourth-order valence-electron chi connectivity index (χ4n) is 1.16. The Labute approximate surface area is 98.8 Å². The lowest BCUT2D eigenvalue weighted by Gasteiger charge is -2.01. The maximum absolute atomic E-state index is 5.10. The Morgan fingerprint density at radius 1 is 1.19 bits per heavy atom. The van der Waals surface area contributed by atoms with Gasteiger partial charge in [0.2, 0.25) is 0 Å². The highest BCUT2D eigenvalue weighted by Gasteiger charge is 1.94. The predicted octanol–water partition coefficient (Wildman–Crippen LogP) is 3.10. The number of aliphatic imine (C=N–C) groups is 1. The van der Waals surface area contributed by atoms with E-state index in [1.165, 1.54) is 0 Å². The van der Waals surface area contributed by atoms with Gasteiger partial charge in [-0.25, -0.2) is 4.99 Å². The normalized spacial score (nSPS) is 10.5. The van der Waals surface area contributed by atoms with E-state index in [0.717, 1.165) is 5.69 Å².